The zero-order valence-electron chi connectivity index (χ0n) is 25.7. The maximum atomic E-state index is 5.57. The number of hydrogen-bond donors (Lipinski definition) is 0. The fourth-order valence-electron chi connectivity index (χ4n) is 7.80. The van der Waals surface area contributed by atoms with E-state index in [2.05, 4.69) is 156 Å². The van der Waals surface area contributed by atoms with E-state index < -0.39 is 0 Å². The summed E-state index contributed by atoms with van der Waals surface area (Å²) >= 11 is 1.71. The number of benzene rings is 8. The normalized spacial score (nSPS) is 12.2. The summed E-state index contributed by atoms with van der Waals surface area (Å²) in [6.07, 6.45) is 0. The molecule has 0 atom stereocenters. The minimum Gasteiger partial charge on any atom is -0.292 e. The van der Waals surface area contributed by atoms with Crippen LogP contribution in [0.1, 0.15) is 0 Å². The quantitative estimate of drug-likeness (QED) is 0.179. The van der Waals surface area contributed by atoms with E-state index in [1.54, 1.807) is 11.3 Å². The van der Waals surface area contributed by atoms with Gasteiger partial charge in [-0.2, -0.15) is 0 Å². The van der Waals surface area contributed by atoms with Crippen molar-refractivity contribution in [3.05, 3.63) is 152 Å². The monoisotopic (exact) mass is 627 g/mol. The van der Waals surface area contributed by atoms with E-state index in [9.17, 15) is 0 Å². The first-order chi connectivity index (χ1) is 23.8. The molecule has 3 nitrogen and oxygen atoms in total. The highest BCUT2D eigenvalue weighted by atomic mass is 32.1. The Labute approximate surface area is 278 Å². The van der Waals surface area contributed by atoms with Gasteiger partial charge in [0, 0.05) is 26.4 Å². The van der Waals surface area contributed by atoms with Gasteiger partial charge in [-0.15, -0.1) is 11.3 Å². The van der Waals surface area contributed by atoms with Crippen molar-refractivity contribution in [3.8, 4) is 17.1 Å². The van der Waals surface area contributed by atoms with Gasteiger partial charge in [-0.1, -0.05) is 121 Å². The molecule has 0 unspecified atom stereocenters. The molecule has 0 amide bonds. The second-order valence-electron chi connectivity index (χ2n) is 12.6. The van der Waals surface area contributed by atoms with Crippen LogP contribution in [0.25, 0.3) is 102 Å². The third kappa shape index (κ3) is 3.58. The SMILES string of the molecule is c1ccc2cc3c(cc2c1)c1ccccc1n3-c1nc2c(nc1-c1ccc3c4ccccc4c4ccccc4c3c1)sc1ccccc12. The largest absolute Gasteiger partial charge is 0.292 e. The van der Waals surface area contributed by atoms with Gasteiger partial charge in [0.25, 0.3) is 0 Å². The van der Waals surface area contributed by atoms with Crippen molar-refractivity contribution in [2.24, 2.45) is 0 Å². The van der Waals surface area contributed by atoms with E-state index >= 15 is 0 Å². The van der Waals surface area contributed by atoms with Gasteiger partial charge in [-0.05, 0) is 73.4 Å². The average molecular weight is 628 g/mol. The van der Waals surface area contributed by atoms with Crippen LogP contribution in [0.15, 0.2) is 152 Å². The summed E-state index contributed by atoms with van der Waals surface area (Å²) in [4.78, 5) is 12.0. The van der Waals surface area contributed by atoms with Gasteiger partial charge in [-0.3, -0.25) is 4.57 Å². The molecule has 0 bridgehead atoms. The molecule has 0 spiro atoms. The highest BCUT2D eigenvalue weighted by Crippen LogP contribution is 2.42. The number of rotatable bonds is 2. The lowest BCUT2D eigenvalue weighted by Gasteiger charge is -2.15. The van der Waals surface area contributed by atoms with Crippen molar-refractivity contribution in [2.45, 2.75) is 0 Å². The Hall–Kier alpha value is -6.10. The molecule has 0 aliphatic rings. The van der Waals surface area contributed by atoms with Crippen molar-refractivity contribution < 1.29 is 0 Å². The number of aromatic nitrogens is 3. The average Bonchev–Trinajstić information content (AvgIpc) is 3.68. The maximum absolute atomic E-state index is 5.57. The first-order valence-electron chi connectivity index (χ1n) is 16.3. The highest BCUT2D eigenvalue weighted by Gasteiger charge is 2.22. The number of nitrogens with zero attached hydrogens (tertiary/aromatic N) is 3. The van der Waals surface area contributed by atoms with Gasteiger partial charge < -0.3 is 0 Å². The molecule has 11 rings (SSSR count). The third-order valence-electron chi connectivity index (χ3n) is 9.96. The van der Waals surface area contributed by atoms with Crippen LogP contribution >= 0.6 is 11.3 Å². The molecule has 3 aromatic heterocycles. The number of hydrogen-bond acceptors (Lipinski definition) is 3. The van der Waals surface area contributed by atoms with E-state index in [-0.39, 0.29) is 0 Å². The fraction of sp³-hybridized carbons (Fsp3) is 0. The van der Waals surface area contributed by atoms with E-state index in [1.807, 2.05) is 0 Å². The molecule has 0 saturated carbocycles. The van der Waals surface area contributed by atoms with Crippen LogP contribution in [0, 0.1) is 0 Å². The molecule has 3 heterocycles. The predicted octanol–water partition coefficient (Wildman–Crippen LogP) is 12.2. The first-order valence-corrected chi connectivity index (χ1v) is 17.1. The predicted molar refractivity (Wildman–Crippen MR) is 205 cm³/mol. The minimum atomic E-state index is 0.844. The van der Waals surface area contributed by atoms with Gasteiger partial charge >= 0.3 is 0 Å². The second kappa shape index (κ2) is 9.71. The zero-order chi connectivity index (χ0) is 31.3. The molecule has 0 fully saturated rings. The van der Waals surface area contributed by atoms with Crippen molar-refractivity contribution in [1.82, 2.24) is 14.5 Å². The lowest BCUT2D eigenvalue weighted by Crippen LogP contribution is -2.03. The van der Waals surface area contributed by atoms with Crippen molar-refractivity contribution in [3.63, 3.8) is 0 Å². The Balaban J connectivity index is 1.30. The van der Waals surface area contributed by atoms with Crippen LogP contribution < -0.4 is 0 Å². The smallest absolute Gasteiger partial charge is 0.165 e. The molecule has 0 N–H and O–H groups in total. The van der Waals surface area contributed by atoms with E-state index in [0.717, 1.165) is 43.8 Å². The summed E-state index contributed by atoms with van der Waals surface area (Å²) in [5, 5.41) is 13.5. The molecule has 4 heteroatoms. The Morgan fingerprint density at radius 2 is 1.00 bits per heavy atom. The standard InChI is InChI=1S/C44H25N3S/c1-2-12-27-25-39-37(23-26(27)11-1)34-17-7-9-19-38(34)47(39)43-41(46-44-42(45-43)35-18-8-10-20-40(35)48-44)28-21-22-33-31-15-4-3-13-29(31)30-14-5-6-16-32(30)36(33)24-28/h1-25H. The first kappa shape index (κ1) is 26.0. The van der Waals surface area contributed by atoms with Crippen LogP contribution in [0.3, 0.4) is 0 Å². The molecule has 222 valence electrons. The number of fused-ring (bicyclic) bond motifs is 13. The minimum absolute atomic E-state index is 0.844. The lowest BCUT2D eigenvalue weighted by atomic mass is 9.93. The Bertz CT molecular complexity index is 3090. The van der Waals surface area contributed by atoms with Gasteiger partial charge in [0.1, 0.15) is 16.0 Å². The molecular formula is C44H25N3S. The van der Waals surface area contributed by atoms with Gasteiger partial charge in [0.15, 0.2) is 5.82 Å². The molecular weight excluding hydrogens is 603 g/mol. The molecule has 0 radical (unpaired) electrons. The molecule has 0 saturated heterocycles. The number of thiophene rings is 1. The van der Waals surface area contributed by atoms with Crippen molar-refractivity contribution in [2.75, 3.05) is 0 Å². The lowest BCUT2D eigenvalue weighted by molar-refractivity contribution is 1.09. The summed E-state index contributed by atoms with van der Waals surface area (Å²) in [7, 11) is 0. The topological polar surface area (TPSA) is 30.7 Å². The Morgan fingerprint density at radius 3 is 1.75 bits per heavy atom. The summed E-state index contributed by atoms with van der Waals surface area (Å²) < 4.78 is 3.54. The summed E-state index contributed by atoms with van der Waals surface area (Å²) in [6.45, 7) is 0. The van der Waals surface area contributed by atoms with E-state index in [0.29, 0.717) is 0 Å². The summed E-state index contributed by atoms with van der Waals surface area (Å²) in [6, 6.07) is 54.8. The Kier molecular flexibility index (Phi) is 5.26. The zero-order valence-corrected chi connectivity index (χ0v) is 26.5. The van der Waals surface area contributed by atoms with Crippen LogP contribution in [0.5, 0.6) is 0 Å². The van der Waals surface area contributed by atoms with E-state index in [1.165, 1.54) is 58.6 Å². The van der Waals surface area contributed by atoms with Crippen LogP contribution in [-0.2, 0) is 0 Å². The highest BCUT2D eigenvalue weighted by molar-refractivity contribution is 7.25. The van der Waals surface area contributed by atoms with Crippen molar-refractivity contribution >= 4 is 96.7 Å². The molecule has 0 aliphatic heterocycles. The maximum Gasteiger partial charge on any atom is 0.165 e. The number of para-hydroxylation sites is 1. The van der Waals surface area contributed by atoms with Crippen LogP contribution in [-0.4, -0.2) is 14.5 Å². The van der Waals surface area contributed by atoms with Crippen LogP contribution in [0.4, 0.5) is 0 Å². The molecule has 11 aromatic rings. The molecule has 8 aromatic carbocycles. The fourth-order valence-corrected chi connectivity index (χ4v) is 8.82. The summed E-state index contributed by atoms with van der Waals surface area (Å²) in [5.41, 5.74) is 5.12. The molecule has 0 aliphatic carbocycles. The van der Waals surface area contributed by atoms with Crippen molar-refractivity contribution in [1.29, 1.82) is 0 Å². The van der Waals surface area contributed by atoms with Gasteiger partial charge in [0.05, 0.1) is 11.0 Å². The molecule has 48 heavy (non-hydrogen) atoms. The summed E-state index contributed by atoms with van der Waals surface area (Å²) in [5.74, 6) is 0.844. The van der Waals surface area contributed by atoms with Gasteiger partial charge in [-0.25, -0.2) is 9.97 Å². The third-order valence-corrected chi connectivity index (χ3v) is 11.0. The van der Waals surface area contributed by atoms with Gasteiger partial charge in [0.2, 0.25) is 0 Å². The second-order valence-corrected chi connectivity index (χ2v) is 13.6. The Morgan fingerprint density at radius 1 is 0.417 bits per heavy atom. The van der Waals surface area contributed by atoms with E-state index in [4.69, 9.17) is 9.97 Å². The van der Waals surface area contributed by atoms with Crippen LogP contribution in [0.2, 0.25) is 0 Å².